The second kappa shape index (κ2) is 8.69. The SMILES string of the molecule is [CH2-]S(=O)(=O)NCc1ccc2ccccc2c1C(=O)NO.[CH3-].[Y+3]. The van der Waals surface area contributed by atoms with Gasteiger partial charge in [0.25, 0.3) is 5.91 Å². The molecule has 0 saturated heterocycles. The minimum atomic E-state index is -3.62. The third kappa shape index (κ3) is 5.10. The molecule has 2 aromatic rings. The van der Waals surface area contributed by atoms with Gasteiger partial charge >= 0.3 is 32.7 Å². The fourth-order valence-electron chi connectivity index (χ4n) is 1.98. The first-order valence-electron chi connectivity index (χ1n) is 5.70. The summed E-state index contributed by atoms with van der Waals surface area (Å²) in [5, 5.41) is 10.3. The molecule has 0 atom stereocenters. The molecule has 22 heavy (non-hydrogen) atoms. The van der Waals surface area contributed by atoms with Crippen LogP contribution in [0.4, 0.5) is 0 Å². The van der Waals surface area contributed by atoms with Crippen molar-refractivity contribution in [3.05, 3.63) is 61.2 Å². The molecule has 6 nitrogen and oxygen atoms in total. The molecule has 0 spiro atoms. The molecule has 2 aromatic carbocycles. The van der Waals surface area contributed by atoms with Gasteiger partial charge in [0.05, 0.1) is 15.6 Å². The molecule has 0 saturated carbocycles. The molecule has 0 aliphatic carbocycles. The molecule has 114 valence electrons. The summed E-state index contributed by atoms with van der Waals surface area (Å²) in [6.45, 7) is -0.0839. The van der Waals surface area contributed by atoms with E-state index in [1.165, 1.54) is 0 Å². The average Bonchev–Trinajstić information content (AvgIpc) is 2.42. The molecule has 0 bridgehead atoms. The number of benzene rings is 2. The second-order valence-corrected chi connectivity index (χ2v) is 5.72. The van der Waals surface area contributed by atoms with Crippen molar-refractivity contribution in [1.29, 1.82) is 0 Å². The Kier molecular flexibility index (Phi) is 8.35. The van der Waals surface area contributed by atoms with E-state index in [1.54, 1.807) is 29.7 Å². The number of carbonyl (C=O) groups is 1. The topological polar surface area (TPSA) is 95.5 Å². The maximum atomic E-state index is 11.8. The fourth-order valence-corrected chi connectivity index (χ4v) is 2.35. The number of hydrogen-bond donors (Lipinski definition) is 3. The summed E-state index contributed by atoms with van der Waals surface area (Å²) in [5.74, 6) is -0.694. The number of nitrogens with one attached hydrogen (secondary N) is 2. The minimum absolute atomic E-state index is 0. The molecule has 0 heterocycles. The van der Waals surface area contributed by atoms with Gasteiger partial charge in [-0.1, -0.05) is 36.4 Å². The summed E-state index contributed by atoms with van der Waals surface area (Å²) in [7, 11) is -3.62. The van der Waals surface area contributed by atoms with E-state index >= 15 is 0 Å². The Morgan fingerprint density at radius 3 is 2.41 bits per heavy atom. The first-order chi connectivity index (χ1) is 9.42. The van der Waals surface area contributed by atoms with E-state index in [0.717, 1.165) is 5.39 Å². The largest absolute Gasteiger partial charge is 3.00 e. The van der Waals surface area contributed by atoms with Gasteiger partial charge in [0.2, 0.25) is 0 Å². The summed E-state index contributed by atoms with van der Waals surface area (Å²) < 4.78 is 24.3. The molecule has 0 aromatic heterocycles. The Morgan fingerprint density at radius 2 is 1.82 bits per heavy atom. The molecule has 2 rings (SSSR count). The quantitative estimate of drug-likeness (QED) is 0.415. The van der Waals surface area contributed by atoms with Crippen LogP contribution in [-0.2, 0) is 49.3 Å². The number of hydrogen-bond acceptors (Lipinski definition) is 4. The normalized spacial score (nSPS) is 10.5. The van der Waals surface area contributed by atoms with E-state index in [4.69, 9.17) is 5.21 Å². The van der Waals surface area contributed by atoms with Gasteiger partial charge in [-0.3, -0.25) is 10.0 Å². The van der Waals surface area contributed by atoms with Crippen LogP contribution in [0.5, 0.6) is 0 Å². The minimum Gasteiger partial charge on any atom is -0.358 e. The van der Waals surface area contributed by atoms with Crippen LogP contribution in [0.1, 0.15) is 15.9 Å². The van der Waals surface area contributed by atoms with Crippen molar-refractivity contribution in [2.24, 2.45) is 0 Å². The van der Waals surface area contributed by atoms with Crippen LogP contribution in [-0.4, -0.2) is 19.5 Å². The number of fused-ring (bicyclic) bond motifs is 1. The first kappa shape index (κ1) is 21.1. The Balaban J connectivity index is 0.00000220. The van der Waals surface area contributed by atoms with Gasteiger partial charge < -0.3 is 7.43 Å². The Hall–Kier alpha value is -0.856. The second-order valence-electron chi connectivity index (χ2n) is 4.20. The molecular weight excluding hydrogens is 381 g/mol. The molecule has 3 N–H and O–H groups in total. The van der Waals surface area contributed by atoms with Crippen molar-refractivity contribution >= 4 is 26.7 Å². The molecule has 0 aliphatic heterocycles. The average molecular weight is 397 g/mol. The van der Waals surface area contributed by atoms with Crippen molar-refractivity contribution in [1.82, 2.24) is 10.2 Å². The molecule has 0 aliphatic rings. The monoisotopic (exact) mass is 397 g/mol. The summed E-state index contributed by atoms with van der Waals surface area (Å²) in [6, 6.07) is 10.5. The maximum absolute atomic E-state index is 11.8. The number of hydroxylamine groups is 1. The molecule has 0 fully saturated rings. The molecule has 0 unspecified atom stereocenters. The van der Waals surface area contributed by atoms with Crippen LogP contribution in [0, 0.1) is 13.7 Å². The predicted octanol–water partition coefficient (Wildman–Crippen LogP) is 1.62. The van der Waals surface area contributed by atoms with Gasteiger partial charge in [-0.25, -0.2) is 24.9 Å². The number of carbonyl (C=O) groups excluding carboxylic acids is 1. The molecule has 8 heteroatoms. The predicted molar refractivity (Wildman–Crippen MR) is 80.7 cm³/mol. The molecule has 0 radical (unpaired) electrons. The van der Waals surface area contributed by atoms with E-state index in [-0.39, 0.29) is 52.2 Å². The molecule has 1 amide bonds. The van der Waals surface area contributed by atoms with E-state index in [2.05, 4.69) is 11.0 Å². The van der Waals surface area contributed by atoms with E-state index in [0.29, 0.717) is 10.9 Å². The zero-order chi connectivity index (χ0) is 14.8. The standard InChI is InChI=1S/C13H13N2O4S.CH3.Y/c1-20(18,19)14-8-10-7-6-9-4-2-3-5-11(9)12(10)13(16)15-17;;/h2-7,14,17H,1,8H2,(H,15,16);1H3;/q2*-1;+3. The summed E-state index contributed by atoms with van der Waals surface area (Å²) in [6.07, 6.45) is 2.95. The molecular formula is C14H16N2O4SY+. The van der Waals surface area contributed by atoms with Crippen LogP contribution < -0.4 is 10.2 Å². The number of rotatable bonds is 4. The Morgan fingerprint density at radius 1 is 1.18 bits per heavy atom. The van der Waals surface area contributed by atoms with Crippen molar-refractivity contribution in [2.45, 2.75) is 6.54 Å². The van der Waals surface area contributed by atoms with Crippen LogP contribution >= 0.6 is 0 Å². The zero-order valence-corrected chi connectivity index (χ0v) is 15.7. The number of amides is 1. The van der Waals surface area contributed by atoms with Crippen LogP contribution in [0.2, 0.25) is 0 Å². The van der Waals surface area contributed by atoms with Crippen LogP contribution in [0.3, 0.4) is 0 Å². The van der Waals surface area contributed by atoms with Crippen LogP contribution in [0.25, 0.3) is 10.8 Å². The van der Waals surface area contributed by atoms with Crippen molar-refractivity contribution < 1.29 is 51.1 Å². The van der Waals surface area contributed by atoms with Crippen molar-refractivity contribution in [2.75, 3.05) is 0 Å². The van der Waals surface area contributed by atoms with Gasteiger partial charge in [-0.2, -0.15) is 0 Å². The third-order valence-corrected chi connectivity index (χ3v) is 3.41. The summed E-state index contributed by atoms with van der Waals surface area (Å²) >= 11 is 0. The van der Waals surface area contributed by atoms with Crippen molar-refractivity contribution in [3.8, 4) is 0 Å². The third-order valence-electron chi connectivity index (χ3n) is 2.83. The van der Waals surface area contributed by atoms with Gasteiger partial charge in [0, 0.05) is 6.54 Å². The van der Waals surface area contributed by atoms with Gasteiger partial charge in [-0.05, 0) is 16.3 Å². The zero-order valence-electron chi connectivity index (χ0n) is 12.0. The number of sulfonamides is 1. The van der Waals surface area contributed by atoms with Gasteiger partial charge in [0.1, 0.15) is 0 Å². The fraction of sp³-hybridized carbons (Fsp3) is 0.0714. The van der Waals surface area contributed by atoms with Crippen LogP contribution in [0.15, 0.2) is 36.4 Å². The van der Waals surface area contributed by atoms with E-state index in [1.807, 2.05) is 12.1 Å². The first-order valence-corrected chi connectivity index (χ1v) is 7.35. The van der Waals surface area contributed by atoms with Gasteiger partial charge in [-0.15, -0.1) is 0 Å². The Bertz CT molecular complexity index is 763. The van der Waals surface area contributed by atoms with E-state index < -0.39 is 15.9 Å². The summed E-state index contributed by atoms with van der Waals surface area (Å²) in [5.41, 5.74) is 2.25. The maximum Gasteiger partial charge on any atom is 3.00 e. The van der Waals surface area contributed by atoms with Gasteiger partial charge in [0.15, 0.2) is 0 Å². The smallest absolute Gasteiger partial charge is 0.358 e. The summed E-state index contributed by atoms with van der Waals surface area (Å²) in [4.78, 5) is 11.8. The Labute approximate surface area is 155 Å². The van der Waals surface area contributed by atoms with E-state index in [9.17, 15) is 13.2 Å². The van der Waals surface area contributed by atoms with Crippen molar-refractivity contribution in [3.63, 3.8) is 0 Å².